The fourth-order valence-corrected chi connectivity index (χ4v) is 1.87. The predicted molar refractivity (Wildman–Crippen MR) is 83.0 cm³/mol. The Labute approximate surface area is 121 Å². The lowest BCUT2D eigenvalue weighted by Gasteiger charge is -2.20. The number of hydrogen-bond donors (Lipinski definition) is 2. The minimum atomic E-state index is 0.00127. The topological polar surface area (TPSA) is 55.1 Å². The van der Waals surface area contributed by atoms with E-state index >= 15 is 0 Å². The van der Waals surface area contributed by atoms with Gasteiger partial charge in [-0.1, -0.05) is 44.7 Å². The van der Waals surface area contributed by atoms with Crippen LogP contribution < -0.4 is 11.1 Å². The van der Waals surface area contributed by atoms with Gasteiger partial charge in [-0.25, -0.2) is 0 Å². The van der Waals surface area contributed by atoms with Gasteiger partial charge in [0.25, 0.3) is 0 Å². The van der Waals surface area contributed by atoms with Crippen LogP contribution in [0, 0.1) is 17.3 Å². The van der Waals surface area contributed by atoms with Crippen LogP contribution >= 0.6 is 0 Å². The molecule has 3 heteroatoms. The summed E-state index contributed by atoms with van der Waals surface area (Å²) in [7, 11) is 0. The van der Waals surface area contributed by atoms with Crippen LogP contribution in [0.5, 0.6) is 0 Å². The molecule has 0 heterocycles. The molecule has 0 aliphatic rings. The Morgan fingerprint density at radius 2 is 1.90 bits per heavy atom. The number of carbonyl (C=O) groups excluding carboxylic acids is 1. The molecule has 1 unspecified atom stereocenters. The molecule has 0 spiro atoms. The van der Waals surface area contributed by atoms with Gasteiger partial charge in [-0.3, -0.25) is 4.79 Å². The van der Waals surface area contributed by atoms with E-state index in [2.05, 4.69) is 37.9 Å². The first-order valence-electron chi connectivity index (χ1n) is 6.90. The molecule has 0 radical (unpaired) electrons. The molecule has 0 aliphatic heterocycles. The molecule has 0 saturated heterocycles. The molecular weight excluding hydrogens is 248 g/mol. The number of amides is 1. The van der Waals surface area contributed by atoms with E-state index in [1.807, 2.05) is 31.2 Å². The van der Waals surface area contributed by atoms with E-state index in [1.54, 1.807) is 0 Å². The second kappa shape index (κ2) is 7.12. The Balaban J connectivity index is 2.64. The molecule has 0 saturated carbocycles. The maximum absolute atomic E-state index is 11.9. The van der Waals surface area contributed by atoms with Gasteiger partial charge in [-0.15, -0.1) is 0 Å². The summed E-state index contributed by atoms with van der Waals surface area (Å²) >= 11 is 0. The highest BCUT2D eigenvalue weighted by Crippen LogP contribution is 2.19. The first-order chi connectivity index (χ1) is 9.31. The summed E-state index contributed by atoms with van der Waals surface area (Å²) in [5, 5.41) is 3.02. The summed E-state index contributed by atoms with van der Waals surface area (Å²) < 4.78 is 0. The fourth-order valence-electron chi connectivity index (χ4n) is 1.87. The van der Waals surface area contributed by atoms with E-state index in [0.717, 1.165) is 11.1 Å². The summed E-state index contributed by atoms with van der Waals surface area (Å²) in [4.78, 5) is 11.9. The predicted octanol–water partition coefficient (Wildman–Crippen LogP) is 2.61. The van der Waals surface area contributed by atoms with Gasteiger partial charge >= 0.3 is 0 Å². The average molecular weight is 272 g/mol. The molecule has 20 heavy (non-hydrogen) atoms. The molecule has 0 aromatic heterocycles. The van der Waals surface area contributed by atoms with E-state index in [-0.39, 0.29) is 17.4 Å². The van der Waals surface area contributed by atoms with Crippen molar-refractivity contribution in [1.82, 2.24) is 5.32 Å². The third-order valence-corrected chi connectivity index (χ3v) is 2.81. The largest absolute Gasteiger partial charge is 0.350 e. The molecule has 1 rings (SSSR count). The Morgan fingerprint density at radius 1 is 1.30 bits per heavy atom. The summed E-state index contributed by atoms with van der Waals surface area (Å²) in [6.45, 7) is 8.52. The lowest BCUT2D eigenvalue weighted by Crippen LogP contribution is -2.29. The van der Waals surface area contributed by atoms with Crippen molar-refractivity contribution in [2.75, 3.05) is 6.54 Å². The highest BCUT2D eigenvalue weighted by Gasteiger charge is 2.17. The van der Waals surface area contributed by atoms with Crippen molar-refractivity contribution < 1.29 is 4.79 Å². The third kappa shape index (κ3) is 5.90. The SMILES string of the molecule is CC(NC(=O)CC(C)(C)C)c1ccc(C#CCN)cc1. The van der Waals surface area contributed by atoms with Crippen LogP contribution in [0.15, 0.2) is 24.3 Å². The van der Waals surface area contributed by atoms with Gasteiger partial charge in [0, 0.05) is 12.0 Å². The van der Waals surface area contributed by atoms with Gasteiger partial charge in [0.15, 0.2) is 0 Å². The van der Waals surface area contributed by atoms with Crippen LogP contribution in [0.1, 0.15) is 51.3 Å². The molecule has 3 nitrogen and oxygen atoms in total. The zero-order valence-electron chi connectivity index (χ0n) is 12.8. The van der Waals surface area contributed by atoms with Crippen molar-refractivity contribution in [2.24, 2.45) is 11.1 Å². The van der Waals surface area contributed by atoms with Crippen LogP contribution in [0.2, 0.25) is 0 Å². The second-order valence-electron chi connectivity index (χ2n) is 6.15. The first-order valence-corrected chi connectivity index (χ1v) is 6.90. The van der Waals surface area contributed by atoms with Crippen molar-refractivity contribution in [3.8, 4) is 11.8 Å². The monoisotopic (exact) mass is 272 g/mol. The molecule has 1 amide bonds. The maximum Gasteiger partial charge on any atom is 0.220 e. The van der Waals surface area contributed by atoms with Crippen molar-refractivity contribution in [1.29, 1.82) is 0 Å². The van der Waals surface area contributed by atoms with Gasteiger partial charge in [0.1, 0.15) is 0 Å². The maximum atomic E-state index is 11.9. The van der Waals surface area contributed by atoms with E-state index in [9.17, 15) is 4.79 Å². The molecule has 0 fully saturated rings. The van der Waals surface area contributed by atoms with Gasteiger partial charge in [-0.05, 0) is 30.0 Å². The summed E-state index contributed by atoms with van der Waals surface area (Å²) in [6.07, 6.45) is 0.525. The number of hydrogen-bond acceptors (Lipinski definition) is 2. The van der Waals surface area contributed by atoms with Gasteiger partial charge in [-0.2, -0.15) is 0 Å². The number of carbonyl (C=O) groups is 1. The molecule has 0 aliphatic carbocycles. The molecule has 0 bridgehead atoms. The van der Waals surface area contributed by atoms with Gasteiger partial charge < -0.3 is 11.1 Å². The van der Waals surface area contributed by atoms with E-state index in [1.165, 1.54) is 0 Å². The number of benzene rings is 1. The first kappa shape index (κ1) is 16.3. The quantitative estimate of drug-likeness (QED) is 0.831. The van der Waals surface area contributed by atoms with Crippen molar-refractivity contribution in [3.05, 3.63) is 35.4 Å². The zero-order valence-corrected chi connectivity index (χ0v) is 12.8. The molecule has 1 atom stereocenters. The van der Waals surface area contributed by atoms with Crippen molar-refractivity contribution in [2.45, 2.75) is 40.2 Å². The van der Waals surface area contributed by atoms with E-state index < -0.39 is 0 Å². The zero-order chi connectivity index (χ0) is 15.2. The minimum absolute atomic E-state index is 0.00127. The van der Waals surface area contributed by atoms with Gasteiger partial charge in [0.2, 0.25) is 5.91 Å². The van der Waals surface area contributed by atoms with Crippen LogP contribution in [0.3, 0.4) is 0 Å². The molecule has 108 valence electrons. The Morgan fingerprint density at radius 3 is 2.40 bits per heavy atom. The number of nitrogens with two attached hydrogens (primary N) is 1. The highest BCUT2D eigenvalue weighted by molar-refractivity contribution is 5.77. The summed E-state index contributed by atoms with van der Waals surface area (Å²) in [5.41, 5.74) is 7.36. The second-order valence-corrected chi connectivity index (χ2v) is 6.15. The lowest BCUT2D eigenvalue weighted by molar-refractivity contribution is -0.123. The van der Waals surface area contributed by atoms with Gasteiger partial charge in [0.05, 0.1) is 12.6 Å². The lowest BCUT2D eigenvalue weighted by atomic mass is 9.91. The standard InChI is InChI=1S/C17H24N2O/c1-13(19-16(20)12-17(2,3)4)15-9-7-14(8-10-15)6-5-11-18/h7-10,13H,11-12,18H2,1-4H3,(H,19,20). The summed E-state index contributed by atoms with van der Waals surface area (Å²) in [6, 6.07) is 7.88. The molecular formula is C17H24N2O. The van der Waals surface area contributed by atoms with Crippen LogP contribution in [-0.2, 0) is 4.79 Å². The Kier molecular flexibility index (Phi) is 5.79. The Hall–Kier alpha value is -1.79. The van der Waals surface area contributed by atoms with Crippen LogP contribution in [-0.4, -0.2) is 12.5 Å². The average Bonchev–Trinajstić information content (AvgIpc) is 2.34. The van der Waals surface area contributed by atoms with E-state index in [4.69, 9.17) is 5.73 Å². The summed E-state index contributed by atoms with van der Waals surface area (Å²) in [5.74, 6) is 5.88. The highest BCUT2D eigenvalue weighted by atomic mass is 16.1. The van der Waals surface area contributed by atoms with Crippen LogP contribution in [0.4, 0.5) is 0 Å². The smallest absolute Gasteiger partial charge is 0.220 e. The third-order valence-electron chi connectivity index (χ3n) is 2.81. The Bertz CT molecular complexity index is 501. The normalized spacial score (nSPS) is 12.2. The molecule has 1 aromatic rings. The van der Waals surface area contributed by atoms with Crippen molar-refractivity contribution in [3.63, 3.8) is 0 Å². The minimum Gasteiger partial charge on any atom is -0.350 e. The molecule has 1 aromatic carbocycles. The van der Waals surface area contributed by atoms with Crippen LogP contribution in [0.25, 0.3) is 0 Å². The van der Waals surface area contributed by atoms with E-state index in [0.29, 0.717) is 13.0 Å². The van der Waals surface area contributed by atoms with Crippen molar-refractivity contribution >= 4 is 5.91 Å². The molecule has 3 N–H and O–H groups in total. The number of nitrogens with one attached hydrogen (secondary N) is 1. The fraction of sp³-hybridized carbons (Fsp3) is 0.471. The number of rotatable bonds is 3.